The summed E-state index contributed by atoms with van der Waals surface area (Å²) in [5.74, 6) is -3.54. The van der Waals surface area contributed by atoms with E-state index in [4.69, 9.17) is 4.74 Å². The number of nitrogens with zero attached hydrogens (tertiary/aromatic N) is 2. The fourth-order valence-corrected chi connectivity index (χ4v) is 2.81. The number of benzene rings is 1. The van der Waals surface area contributed by atoms with E-state index in [9.17, 15) is 18.0 Å². The molecule has 1 saturated carbocycles. The number of carbonyl (C=O) groups excluding carboxylic acids is 1. The maximum atomic E-state index is 14.2. The van der Waals surface area contributed by atoms with Gasteiger partial charge in [-0.2, -0.15) is 0 Å². The summed E-state index contributed by atoms with van der Waals surface area (Å²) < 4.78 is 45.7. The molecule has 2 aromatic rings. The van der Waals surface area contributed by atoms with Gasteiger partial charge in [-0.1, -0.05) is 0 Å². The minimum absolute atomic E-state index is 0.0377. The van der Waals surface area contributed by atoms with Crippen LogP contribution in [-0.2, 0) is 10.3 Å². The van der Waals surface area contributed by atoms with Crippen molar-refractivity contribution in [3.8, 4) is 0 Å². The highest BCUT2D eigenvalue weighted by Crippen LogP contribution is 2.44. The first-order valence-corrected chi connectivity index (χ1v) is 7.87. The number of hydrogen-bond acceptors (Lipinski definition) is 5. The van der Waals surface area contributed by atoms with E-state index in [1.807, 2.05) is 0 Å². The van der Waals surface area contributed by atoms with Crippen molar-refractivity contribution in [2.24, 2.45) is 0 Å². The van der Waals surface area contributed by atoms with Crippen LogP contribution in [0.3, 0.4) is 0 Å². The molecular formula is C17H16F3N3O2. The summed E-state index contributed by atoms with van der Waals surface area (Å²) in [6, 6.07) is 1.40. The van der Waals surface area contributed by atoms with Gasteiger partial charge in [0.1, 0.15) is 5.82 Å². The summed E-state index contributed by atoms with van der Waals surface area (Å²) in [4.78, 5) is 19.7. The number of nitrogens with one attached hydrogen (secondary N) is 1. The molecule has 8 heteroatoms. The smallest absolute Gasteiger partial charge is 0.341 e. The molecule has 25 heavy (non-hydrogen) atoms. The SMILES string of the molecule is CCOC(=O)c1cnc(NC2(c3cc(F)c(F)cc3F)CCC2)nc1. The minimum atomic E-state index is -1.23. The third-order valence-corrected chi connectivity index (χ3v) is 4.25. The molecule has 1 fully saturated rings. The van der Waals surface area contributed by atoms with E-state index < -0.39 is 29.0 Å². The van der Waals surface area contributed by atoms with Crippen molar-refractivity contribution in [1.82, 2.24) is 9.97 Å². The van der Waals surface area contributed by atoms with Gasteiger partial charge in [0.2, 0.25) is 5.95 Å². The Bertz CT molecular complexity index is 792. The van der Waals surface area contributed by atoms with Crippen LogP contribution in [0.2, 0.25) is 0 Å². The molecule has 0 saturated heterocycles. The Morgan fingerprint density at radius 1 is 1.16 bits per heavy atom. The third kappa shape index (κ3) is 3.29. The number of esters is 1. The molecule has 1 aromatic heterocycles. The molecule has 1 aliphatic rings. The molecule has 1 aliphatic carbocycles. The summed E-state index contributed by atoms with van der Waals surface area (Å²) in [7, 11) is 0. The van der Waals surface area contributed by atoms with Crippen molar-refractivity contribution in [2.45, 2.75) is 31.7 Å². The Hall–Kier alpha value is -2.64. The summed E-state index contributed by atoms with van der Waals surface area (Å²) in [6.45, 7) is 1.92. The predicted molar refractivity (Wildman–Crippen MR) is 83.5 cm³/mol. The van der Waals surface area contributed by atoms with Crippen molar-refractivity contribution in [3.05, 3.63) is 53.1 Å². The van der Waals surface area contributed by atoms with Crippen molar-refractivity contribution in [1.29, 1.82) is 0 Å². The zero-order valence-corrected chi connectivity index (χ0v) is 13.5. The van der Waals surface area contributed by atoms with Crippen LogP contribution in [-0.4, -0.2) is 22.5 Å². The molecule has 1 aromatic carbocycles. The van der Waals surface area contributed by atoms with Gasteiger partial charge in [0.25, 0.3) is 0 Å². The van der Waals surface area contributed by atoms with E-state index in [1.165, 1.54) is 12.4 Å². The second-order valence-electron chi connectivity index (χ2n) is 5.82. The van der Waals surface area contributed by atoms with Crippen LogP contribution in [0.4, 0.5) is 19.1 Å². The monoisotopic (exact) mass is 351 g/mol. The highest BCUT2D eigenvalue weighted by molar-refractivity contribution is 5.88. The van der Waals surface area contributed by atoms with Gasteiger partial charge >= 0.3 is 5.97 Å². The van der Waals surface area contributed by atoms with Crippen LogP contribution < -0.4 is 5.32 Å². The Morgan fingerprint density at radius 2 is 1.80 bits per heavy atom. The van der Waals surface area contributed by atoms with Crippen LogP contribution in [0.5, 0.6) is 0 Å². The second kappa shape index (κ2) is 6.70. The van der Waals surface area contributed by atoms with Gasteiger partial charge in [0, 0.05) is 24.0 Å². The molecule has 0 spiro atoms. The molecule has 5 nitrogen and oxygen atoms in total. The average Bonchev–Trinajstić information content (AvgIpc) is 2.55. The number of hydrogen-bond donors (Lipinski definition) is 1. The molecule has 0 atom stereocenters. The Kier molecular flexibility index (Phi) is 4.61. The van der Waals surface area contributed by atoms with E-state index in [1.54, 1.807) is 6.92 Å². The number of ether oxygens (including phenoxy) is 1. The number of halogens is 3. The summed E-state index contributed by atoms with van der Waals surface area (Å²) in [5, 5.41) is 2.99. The van der Waals surface area contributed by atoms with Crippen LogP contribution in [0, 0.1) is 17.5 Å². The second-order valence-corrected chi connectivity index (χ2v) is 5.82. The van der Waals surface area contributed by atoms with Gasteiger partial charge in [-0.25, -0.2) is 27.9 Å². The molecule has 0 aliphatic heterocycles. The van der Waals surface area contributed by atoms with Gasteiger partial charge in [-0.05, 0) is 32.3 Å². The Balaban J connectivity index is 1.85. The van der Waals surface area contributed by atoms with Crippen molar-refractivity contribution in [3.63, 3.8) is 0 Å². The van der Waals surface area contributed by atoms with E-state index >= 15 is 0 Å². The lowest BCUT2D eigenvalue weighted by atomic mass is 9.71. The quantitative estimate of drug-likeness (QED) is 0.659. The van der Waals surface area contributed by atoms with E-state index in [0.29, 0.717) is 18.9 Å². The highest BCUT2D eigenvalue weighted by atomic mass is 19.2. The fourth-order valence-electron chi connectivity index (χ4n) is 2.81. The summed E-state index contributed by atoms with van der Waals surface area (Å²) >= 11 is 0. The van der Waals surface area contributed by atoms with Crippen LogP contribution in [0.1, 0.15) is 42.1 Å². The Morgan fingerprint density at radius 3 is 2.36 bits per heavy atom. The average molecular weight is 351 g/mol. The molecular weight excluding hydrogens is 335 g/mol. The number of anilines is 1. The largest absolute Gasteiger partial charge is 0.462 e. The van der Waals surface area contributed by atoms with E-state index in [-0.39, 0.29) is 23.7 Å². The zero-order chi connectivity index (χ0) is 18.0. The van der Waals surface area contributed by atoms with Crippen molar-refractivity contribution < 1.29 is 22.7 Å². The lowest BCUT2D eigenvalue weighted by molar-refractivity contribution is 0.0525. The predicted octanol–water partition coefficient (Wildman–Crippen LogP) is 3.56. The highest BCUT2D eigenvalue weighted by Gasteiger charge is 2.42. The van der Waals surface area contributed by atoms with Gasteiger partial charge < -0.3 is 10.1 Å². The van der Waals surface area contributed by atoms with Crippen LogP contribution in [0.15, 0.2) is 24.5 Å². The molecule has 3 rings (SSSR count). The third-order valence-electron chi connectivity index (χ3n) is 4.25. The first kappa shape index (κ1) is 17.2. The molecule has 0 amide bonds. The van der Waals surface area contributed by atoms with Gasteiger partial charge in [-0.3, -0.25) is 0 Å². The van der Waals surface area contributed by atoms with Crippen LogP contribution in [0.25, 0.3) is 0 Å². The topological polar surface area (TPSA) is 64.1 Å². The molecule has 0 unspecified atom stereocenters. The lowest BCUT2D eigenvalue weighted by Gasteiger charge is -2.43. The van der Waals surface area contributed by atoms with Gasteiger partial charge in [-0.15, -0.1) is 0 Å². The standard InChI is InChI=1S/C17H16F3N3O2/c1-2-25-15(24)10-8-21-16(22-9-10)23-17(4-3-5-17)11-6-13(19)14(20)7-12(11)18/h6-9H,2-5H2,1H3,(H,21,22,23). The fraction of sp³-hybridized carbons (Fsp3) is 0.353. The molecule has 0 radical (unpaired) electrons. The molecule has 1 N–H and O–H groups in total. The molecule has 0 bridgehead atoms. The lowest BCUT2D eigenvalue weighted by Crippen LogP contribution is -2.43. The van der Waals surface area contributed by atoms with Gasteiger partial charge in [0.15, 0.2) is 11.6 Å². The molecule has 132 valence electrons. The first-order valence-electron chi connectivity index (χ1n) is 7.87. The van der Waals surface area contributed by atoms with E-state index in [2.05, 4.69) is 15.3 Å². The van der Waals surface area contributed by atoms with Crippen LogP contribution >= 0.6 is 0 Å². The minimum Gasteiger partial charge on any atom is -0.462 e. The van der Waals surface area contributed by atoms with E-state index in [0.717, 1.165) is 12.5 Å². The number of aromatic nitrogens is 2. The molecule has 1 heterocycles. The zero-order valence-electron chi connectivity index (χ0n) is 13.5. The van der Waals surface area contributed by atoms with Gasteiger partial charge in [0.05, 0.1) is 17.7 Å². The number of carbonyl (C=O) groups is 1. The normalized spacial score (nSPS) is 15.4. The van der Waals surface area contributed by atoms with Crippen molar-refractivity contribution in [2.75, 3.05) is 11.9 Å². The summed E-state index contributed by atoms with van der Waals surface area (Å²) in [6.07, 6.45) is 4.44. The van der Waals surface area contributed by atoms with Crippen molar-refractivity contribution >= 4 is 11.9 Å². The maximum Gasteiger partial charge on any atom is 0.341 e. The Labute approximate surface area is 142 Å². The summed E-state index contributed by atoms with van der Waals surface area (Å²) in [5.41, 5.74) is -0.672. The maximum absolute atomic E-state index is 14.2. The first-order chi connectivity index (χ1) is 11.9. The number of rotatable bonds is 5.